The molecule has 1 aromatic carbocycles. The standard InChI is InChI=1S/C14H13FN2O4/c15-9-2-1-3-10(6-9)21-13-8-17(7-12(13)18)14(19)11-4-5-20-16-11/h1-6,12-13,18H,7-8H2/t12-,13-/m1/s1. The van der Waals surface area contributed by atoms with Crippen molar-refractivity contribution in [3.63, 3.8) is 0 Å². The first-order valence-electron chi connectivity index (χ1n) is 6.43. The first kappa shape index (κ1) is 13.6. The Morgan fingerprint density at radius 3 is 3.00 bits per heavy atom. The van der Waals surface area contributed by atoms with Gasteiger partial charge in [-0.25, -0.2) is 4.39 Å². The zero-order valence-electron chi connectivity index (χ0n) is 11.0. The Kier molecular flexibility index (Phi) is 3.57. The van der Waals surface area contributed by atoms with Crippen LogP contribution in [0.15, 0.2) is 41.1 Å². The highest BCUT2D eigenvalue weighted by Crippen LogP contribution is 2.20. The summed E-state index contributed by atoms with van der Waals surface area (Å²) in [6.07, 6.45) is -0.146. The molecule has 1 fully saturated rings. The van der Waals surface area contributed by atoms with Crippen LogP contribution in [-0.4, -0.2) is 46.4 Å². The molecule has 1 amide bonds. The van der Waals surface area contributed by atoms with Crippen LogP contribution in [0.25, 0.3) is 0 Å². The van der Waals surface area contributed by atoms with Gasteiger partial charge in [-0.15, -0.1) is 0 Å². The van der Waals surface area contributed by atoms with Crippen LogP contribution in [0.4, 0.5) is 4.39 Å². The number of aliphatic hydroxyl groups excluding tert-OH is 1. The van der Waals surface area contributed by atoms with Crippen LogP contribution in [0.1, 0.15) is 10.5 Å². The number of hydrogen-bond donors (Lipinski definition) is 1. The lowest BCUT2D eigenvalue weighted by Crippen LogP contribution is -2.31. The molecule has 0 aliphatic carbocycles. The van der Waals surface area contributed by atoms with Gasteiger partial charge in [0.25, 0.3) is 5.91 Å². The van der Waals surface area contributed by atoms with Gasteiger partial charge in [0.2, 0.25) is 0 Å². The van der Waals surface area contributed by atoms with E-state index in [1.54, 1.807) is 6.07 Å². The molecule has 21 heavy (non-hydrogen) atoms. The number of halogens is 1. The van der Waals surface area contributed by atoms with E-state index in [0.29, 0.717) is 5.75 Å². The average molecular weight is 292 g/mol. The topological polar surface area (TPSA) is 75.8 Å². The highest BCUT2D eigenvalue weighted by molar-refractivity contribution is 5.92. The molecular formula is C14H13FN2O4. The monoisotopic (exact) mass is 292 g/mol. The van der Waals surface area contributed by atoms with E-state index in [9.17, 15) is 14.3 Å². The minimum Gasteiger partial charge on any atom is -0.486 e. The maximum Gasteiger partial charge on any atom is 0.276 e. The fourth-order valence-corrected chi connectivity index (χ4v) is 2.24. The van der Waals surface area contributed by atoms with Gasteiger partial charge < -0.3 is 19.3 Å². The molecule has 1 aliphatic heterocycles. The molecule has 0 radical (unpaired) electrons. The summed E-state index contributed by atoms with van der Waals surface area (Å²) in [6, 6.07) is 7.10. The second-order valence-electron chi connectivity index (χ2n) is 4.78. The number of benzene rings is 1. The predicted octanol–water partition coefficient (Wildman–Crippen LogP) is 1.08. The number of ether oxygens (including phenoxy) is 1. The molecular weight excluding hydrogens is 279 g/mol. The molecule has 0 spiro atoms. The quantitative estimate of drug-likeness (QED) is 0.916. The molecule has 7 heteroatoms. The number of carbonyl (C=O) groups is 1. The Labute approximate surface area is 119 Å². The van der Waals surface area contributed by atoms with Crippen LogP contribution < -0.4 is 4.74 Å². The molecule has 2 heterocycles. The van der Waals surface area contributed by atoms with Crippen LogP contribution in [0, 0.1) is 5.82 Å². The number of aromatic nitrogens is 1. The van der Waals surface area contributed by atoms with Crippen molar-refractivity contribution in [2.75, 3.05) is 13.1 Å². The fraction of sp³-hybridized carbons (Fsp3) is 0.286. The van der Waals surface area contributed by atoms with Crippen molar-refractivity contribution in [2.24, 2.45) is 0 Å². The maximum absolute atomic E-state index is 13.1. The van der Waals surface area contributed by atoms with Crippen LogP contribution in [0.5, 0.6) is 5.75 Å². The Balaban J connectivity index is 1.67. The second-order valence-corrected chi connectivity index (χ2v) is 4.78. The van der Waals surface area contributed by atoms with Crippen LogP contribution >= 0.6 is 0 Å². The SMILES string of the molecule is O=C(c1ccon1)N1C[C@@H](O)[C@H](Oc2cccc(F)c2)C1. The van der Waals surface area contributed by atoms with Gasteiger partial charge in [-0.3, -0.25) is 4.79 Å². The van der Waals surface area contributed by atoms with Gasteiger partial charge >= 0.3 is 0 Å². The Morgan fingerprint density at radius 2 is 2.29 bits per heavy atom. The van der Waals surface area contributed by atoms with Crippen molar-refractivity contribution >= 4 is 5.91 Å². The van der Waals surface area contributed by atoms with Gasteiger partial charge in [0.15, 0.2) is 5.69 Å². The van der Waals surface area contributed by atoms with Crippen molar-refractivity contribution in [1.29, 1.82) is 0 Å². The zero-order valence-corrected chi connectivity index (χ0v) is 11.0. The van der Waals surface area contributed by atoms with E-state index in [4.69, 9.17) is 4.74 Å². The van der Waals surface area contributed by atoms with Gasteiger partial charge in [-0.05, 0) is 12.1 Å². The lowest BCUT2D eigenvalue weighted by atomic mass is 10.2. The maximum atomic E-state index is 13.1. The van der Waals surface area contributed by atoms with E-state index in [0.717, 1.165) is 0 Å². The third kappa shape index (κ3) is 2.87. The number of rotatable bonds is 3. The highest BCUT2D eigenvalue weighted by Gasteiger charge is 2.36. The number of β-amino-alcohol motifs (C(OH)–C–C–N with tert-alkyl or cyclic N) is 1. The minimum absolute atomic E-state index is 0.131. The summed E-state index contributed by atoms with van der Waals surface area (Å²) < 4.78 is 23.3. The Morgan fingerprint density at radius 1 is 1.43 bits per heavy atom. The third-order valence-electron chi connectivity index (χ3n) is 3.26. The summed E-state index contributed by atoms with van der Waals surface area (Å²) >= 11 is 0. The van der Waals surface area contributed by atoms with Gasteiger partial charge in [0, 0.05) is 12.1 Å². The molecule has 6 nitrogen and oxygen atoms in total. The predicted molar refractivity (Wildman–Crippen MR) is 69.2 cm³/mol. The lowest BCUT2D eigenvalue weighted by molar-refractivity contribution is 0.0726. The summed E-state index contributed by atoms with van der Waals surface area (Å²) in [5, 5.41) is 13.5. The summed E-state index contributed by atoms with van der Waals surface area (Å²) in [4.78, 5) is 13.5. The molecule has 110 valence electrons. The number of carbonyl (C=O) groups excluding carboxylic acids is 1. The molecule has 0 saturated carbocycles. The second kappa shape index (κ2) is 5.53. The number of hydrogen-bond acceptors (Lipinski definition) is 5. The summed E-state index contributed by atoms with van der Waals surface area (Å²) in [7, 11) is 0. The number of nitrogens with zero attached hydrogens (tertiary/aromatic N) is 2. The fourth-order valence-electron chi connectivity index (χ4n) is 2.24. The largest absolute Gasteiger partial charge is 0.486 e. The molecule has 1 N–H and O–H groups in total. The summed E-state index contributed by atoms with van der Waals surface area (Å²) in [5.74, 6) is -0.446. The molecule has 3 rings (SSSR count). The number of amides is 1. The minimum atomic E-state index is -0.843. The summed E-state index contributed by atoms with van der Waals surface area (Å²) in [6.45, 7) is 0.328. The molecule has 0 unspecified atom stereocenters. The number of aliphatic hydroxyl groups is 1. The van der Waals surface area contributed by atoms with E-state index in [2.05, 4.69) is 9.68 Å². The van der Waals surface area contributed by atoms with Gasteiger partial charge in [0.05, 0.1) is 13.1 Å². The van der Waals surface area contributed by atoms with Gasteiger partial charge in [-0.1, -0.05) is 11.2 Å². The zero-order chi connectivity index (χ0) is 14.8. The number of likely N-dealkylation sites (tertiary alicyclic amines) is 1. The lowest BCUT2D eigenvalue weighted by Gasteiger charge is -2.16. The van der Waals surface area contributed by atoms with Crippen LogP contribution in [0.3, 0.4) is 0 Å². The van der Waals surface area contributed by atoms with Crippen LogP contribution in [-0.2, 0) is 0 Å². The van der Waals surface area contributed by atoms with Crippen molar-refractivity contribution in [3.8, 4) is 5.75 Å². The normalized spacial score (nSPS) is 21.5. The molecule has 2 atom stereocenters. The van der Waals surface area contributed by atoms with Crippen molar-refractivity contribution in [3.05, 3.63) is 48.1 Å². The molecule has 1 aromatic heterocycles. The smallest absolute Gasteiger partial charge is 0.276 e. The Bertz CT molecular complexity index is 632. The first-order valence-corrected chi connectivity index (χ1v) is 6.43. The first-order chi connectivity index (χ1) is 10.1. The van der Waals surface area contributed by atoms with E-state index < -0.39 is 18.0 Å². The van der Waals surface area contributed by atoms with Crippen molar-refractivity contribution in [2.45, 2.75) is 12.2 Å². The van der Waals surface area contributed by atoms with Gasteiger partial charge in [-0.2, -0.15) is 0 Å². The third-order valence-corrected chi connectivity index (χ3v) is 3.26. The summed E-state index contributed by atoms with van der Waals surface area (Å²) in [5.41, 5.74) is 0.175. The van der Waals surface area contributed by atoms with E-state index in [1.807, 2.05) is 0 Å². The molecule has 2 aromatic rings. The molecule has 0 bridgehead atoms. The van der Waals surface area contributed by atoms with E-state index in [1.165, 1.54) is 35.4 Å². The molecule has 1 saturated heterocycles. The van der Waals surface area contributed by atoms with Crippen LogP contribution in [0.2, 0.25) is 0 Å². The average Bonchev–Trinajstić information content (AvgIpc) is 3.09. The van der Waals surface area contributed by atoms with E-state index >= 15 is 0 Å². The van der Waals surface area contributed by atoms with Crippen molar-refractivity contribution in [1.82, 2.24) is 10.1 Å². The van der Waals surface area contributed by atoms with E-state index in [-0.39, 0.29) is 24.7 Å². The van der Waals surface area contributed by atoms with Gasteiger partial charge in [0.1, 0.15) is 30.0 Å². The van der Waals surface area contributed by atoms with Crippen molar-refractivity contribution < 1.29 is 23.6 Å². The highest BCUT2D eigenvalue weighted by atomic mass is 19.1. The Hall–Kier alpha value is -2.41. The molecule has 1 aliphatic rings.